The molecule has 0 saturated heterocycles. The van der Waals surface area contributed by atoms with Gasteiger partial charge in [-0.15, -0.1) is 0 Å². The number of nitrogens with zero attached hydrogens (tertiary/aromatic N) is 1. The Labute approximate surface area is 112 Å². The molecule has 2 nitrogen and oxygen atoms in total. The maximum Gasteiger partial charge on any atom is 0.142 e. The van der Waals surface area contributed by atoms with Gasteiger partial charge in [-0.1, -0.05) is 17.7 Å². The summed E-state index contributed by atoms with van der Waals surface area (Å²) in [5.41, 5.74) is 1.71. The van der Waals surface area contributed by atoms with Crippen LogP contribution in [0.2, 0.25) is 5.02 Å². The van der Waals surface area contributed by atoms with Crippen LogP contribution in [-0.4, -0.2) is 4.98 Å². The van der Waals surface area contributed by atoms with Crippen molar-refractivity contribution in [2.24, 2.45) is 0 Å². The molecule has 17 heavy (non-hydrogen) atoms. The van der Waals surface area contributed by atoms with Crippen molar-refractivity contribution in [3.8, 4) is 0 Å². The number of nitrogens with one attached hydrogen (secondary N) is 1. The van der Waals surface area contributed by atoms with Crippen molar-refractivity contribution in [1.29, 1.82) is 0 Å². The second-order valence-electron chi connectivity index (χ2n) is 3.47. The van der Waals surface area contributed by atoms with E-state index in [2.05, 4.69) is 26.2 Å². The number of aromatic nitrogens is 1. The Kier molecular flexibility index (Phi) is 3.97. The van der Waals surface area contributed by atoms with Crippen LogP contribution < -0.4 is 5.32 Å². The molecule has 2 aromatic rings. The van der Waals surface area contributed by atoms with E-state index in [1.54, 1.807) is 18.3 Å². The Morgan fingerprint density at radius 1 is 1.29 bits per heavy atom. The number of halogens is 3. The maximum absolute atomic E-state index is 13.2. The molecule has 1 heterocycles. The highest BCUT2D eigenvalue weighted by molar-refractivity contribution is 9.10. The Morgan fingerprint density at radius 2 is 2.12 bits per heavy atom. The lowest BCUT2D eigenvalue weighted by Gasteiger charge is -2.06. The van der Waals surface area contributed by atoms with Gasteiger partial charge in [-0.2, -0.15) is 0 Å². The normalized spacial score (nSPS) is 10.3. The van der Waals surface area contributed by atoms with Gasteiger partial charge in [-0.05, 0) is 45.8 Å². The van der Waals surface area contributed by atoms with Crippen LogP contribution in [-0.2, 0) is 6.54 Å². The van der Waals surface area contributed by atoms with Gasteiger partial charge < -0.3 is 5.32 Å². The minimum Gasteiger partial charge on any atom is -0.380 e. The summed E-state index contributed by atoms with van der Waals surface area (Å²) in [7, 11) is 0. The van der Waals surface area contributed by atoms with Gasteiger partial charge in [-0.3, -0.25) is 0 Å². The number of rotatable bonds is 3. The van der Waals surface area contributed by atoms with Crippen molar-refractivity contribution in [3.05, 3.63) is 57.5 Å². The Hall–Kier alpha value is -1.13. The monoisotopic (exact) mass is 314 g/mol. The molecule has 1 N–H and O–H groups in total. The lowest BCUT2D eigenvalue weighted by molar-refractivity contribution is 0.626. The predicted molar refractivity (Wildman–Crippen MR) is 70.7 cm³/mol. The summed E-state index contributed by atoms with van der Waals surface area (Å²) in [6.07, 6.45) is 1.70. The zero-order chi connectivity index (χ0) is 12.3. The number of anilines is 1. The fourth-order valence-electron chi connectivity index (χ4n) is 1.33. The molecular weight excluding hydrogens is 307 g/mol. The summed E-state index contributed by atoms with van der Waals surface area (Å²) in [4.78, 5) is 4.08. The fourth-order valence-corrected chi connectivity index (χ4v) is 1.69. The van der Waals surface area contributed by atoms with E-state index in [-0.39, 0.29) is 5.02 Å². The zero-order valence-corrected chi connectivity index (χ0v) is 11.1. The Balaban J connectivity index is 2.02. The van der Waals surface area contributed by atoms with Crippen LogP contribution in [0.1, 0.15) is 5.56 Å². The van der Waals surface area contributed by atoms with Crippen LogP contribution >= 0.6 is 27.5 Å². The smallest absolute Gasteiger partial charge is 0.142 e. The van der Waals surface area contributed by atoms with Crippen LogP contribution in [0.15, 0.2) is 41.1 Å². The van der Waals surface area contributed by atoms with E-state index >= 15 is 0 Å². The predicted octanol–water partition coefficient (Wildman–Crippen LogP) is 4.25. The third-order valence-electron chi connectivity index (χ3n) is 2.21. The van der Waals surface area contributed by atoms with Crippen LogP contribution in [0.4, 0.5) is 10.1 Å². The lowest BCUT2D eigenvalue weighted by Crippen LogP contribution is -2.00. The summed E-state index contributed by atoms with van der Waals surface area (Å²) in [6.45, 7) is 0.525. The molecule has 88 valence electrons. The molecule has 0 spiro atoms. The molecule has 0 aliphatic rings. The molecular formula is C12H9BrClFN2. The first-order valence-electron chi connectivity index (χ1n) is 4.94. The second-order valence-corrected chi connectivity index (χ2v) is 4.69. The zero-order valence-electron chi connectivity index (χ0n) is 8.75. The van der Waals surface area contributed by atoms with E-state index in [9.17, 15) is 4.39 Å². The van der Waals surface area contributed by atoms with Crippen LogP contribution in [0.5, 0.6) is 0 Å². The van der Waals surface area contributed by atoms with Gasteiger partial charge in [0.2, 0.25) is 0 Å². The molecule has 5 heteroatoms. The van der Waals surface area contributed by atoms with E-state index in [1.807, 2.05) is 12.1 Å². The summed E-state index contributed by atoms with van der Waals surface area (Å²) >= 11 is 8.86. The van der Waals surface area contributed by atoms with E-state index < -0.39 is 5.82 Å². The van der Waals surface area contributed by atoms with Crippen LogP contribution in [0, 0.1) is 5.82 Å². The van der Waals surface area contributed by atoms with Crippen molar-refractivity contribution < 1.29 is 4.39 Å². The molecule has 1 aromatic heterocycles. The number of pyridine rings is 1. The summed E-state index contributed by atoms with van der Waals surface area (Å²) in [5, 5.41) is 3.28. The summed E-state index contributed by atoms with van der Waals surface area (Å²) < 4.78 is 14.0. The first-order valence-corrected chi connectivity index (χ1v) is 6.11. The van der Waals surface area contributed by atoms with Crippen molar-refractivity contribution in [2.75, 3.05) is 5.32 Å². The minimum absolute atomic E-state index is 0.138. The molecule has 0 aliphatic heterocycles. The lowest BCUT2D eigenvalue weighted by atomic mass is 10.2. The molecule has 0 unspecified atom stereocenters. The number of hydrogen-bond donors (Lipinski definition) is 1. The summed E-state index contributed by atoms with van der Waals surface area (Å²) in [5.74, 6) is -0.403. The molecule has 0 fully saturated rings. The molecule has 0 atom stereocenters. The van der Waals surface area contributed by atoms with E-state index in [1.165, 1.54) is 6.07 Å². The fraction of sp³-hybridized carbons (Fsp3) is 0.0833. The van der Waals surface area contributed by atoms with Crippen molar-refractivity contribution in [3.63, 3.8) is 0 Å². The van der Waals surface area contributed by atoms with Crippen LogP contribution in [0.3, 0.4) is 0 Å². The molecule has 0 aliphatic carbocycles. The third kappa shape index (κ3) is 3.41. The third-order valence-corrected chi connectivity index (χ3v) is 2.98. The van der Waals surface area contributed by atoms with Gasteiger partial charge in [0.05, 0.1) is 16.9 Å². The van der Waals surface area contributed by atoms with Gasteiger partial charge in [0, 0.05) is 6.54 Å². The van der Waals surface area contributed by atoms with Gasteiger partial charge in [-0.25, -0.2) is 9.37 Å². The minimum atomic E-state index is -0.403. The van der Waals surface area contributed by atoms with Crippen molar-refractivity contribution in [1.82, 2.24) is 4.98 Å². The Bertz CT molecular complexity index is 516. The van der Waals surface area contributed by atoms with Gasteiger partial charge in [0.25, 0.3) is 0 Å². The van der Waals surface area contributed by atoms with E-state index in [0.29, 0.717) is 6.54 Å². The largest absolute Gasteiger partial charge is 0.380 e. The van der Waals surface area contributed by atoms with E-state index in [0.717, 1.165) is 15.9 Å². The standard InChI is InChI=1S/C12H9BrClFN2/c13-12-4-2-9(7-17-12)16-6-8-1-3-10(14)11(15)5-8/h1-5,7,16H,6H2. The molecule has 2 rings (SSSR count). The highest BCUT2D eigenvalue weighted by Crippen LogP contribution is 2.17. The van der Waals surface area contributed by atoms with E-state index in [4.69, 9.17) is 11.6 Å². The average Bonchev–Trinajstić information content (AvgIpc) is 2.33. The molecule has 0 saturated carbocycles. The average molecular weight is 316 g/mol. The topological polar surface area (TPSA) is 24.9 Å². The highest BCUT2D eigenvalue weighted by Gasteiger charge is 2.01. The quantitative estimate of drug-likeness (QED) is 0.857. The SMILES string of the molecule is Fc1cc(CNc2ccc(Br)nc2)ccc1Cl. The molecule has 0 amide bonds. The molecule has 1 aromatic carbocycles. The van der Waals surface area contributed by atoms with Crippen molar-refractivity contribution >= 4 is 33.2 Å². The summed E-state index contributed by atoms with van der Waals surface area (Å²) in [6, 6.07) is 8.48. The second kappa shape index (κ2) is 5.47. The van der Waals surface area contributed by atoms with Crippen molar-refractivity contribution in [2.45, 2.75) is 6.54 Å². The number of benzene rings is 1. The first-order chi connectivity index (χ1) is 8.15. The maximum atomic E-state index is 13.2. The van der Waals surface area contributed by atoms with Gasteiger partial charge in [0.1, 0.15) is 10.4 Å². The highest BCUT2D eigenvalue weighted by atomic mass is 79.9. The number of hydrogen-bond acceptors (Lipinski definition) is 2. The molecule has 0 bridgehead atoms. The van der Waals surface area contributed by atoms with Gasteiger partial charge in [0.15, 0.2) is 0 Å². The van der Waals surface area contributed by atoms with Gasteiger partial charge >= 0.3 is 0 Å². The molecule has 0 radical (unpaired) electrons. The van der Waals surface area contributed by atoms with Crippen LogP contribution in [0.25, 0.3) is 0 Å². The first kappa shape index (κ1) is 12.3. The Morgan fingerprint density at radius 3 is 2.76 bits per heavy atom.